The van der Waals surface area contributed by atoms with Crippen LogP contribution in [0.4, 0.5) is 4.39 Å². The molecule has 1 heterocycles. The fourth-order valence-corrected chi connectivity index (χ4v) is 2.68. The number of nitrogens with zero attached hydrogens (tertiary/aromatic N) is 1. The molecule has 3 rings (SSSR count). The van der Waals surface area contributed by atoms with Crippen LogP contribution in [0.5, 0.6) is 0 Å². The van der Waals surface area contributed by atoms with Crippen molar-refractivity contribution in [1.29, 1.82) is 0 Å². The van der Waals surface area contributed by atoms with Gasteiger partial charge >= 0.3 is 5.97 Å². The molecule has 1 N–H and O–H groups in total. The number of pyridine rings is 1. The van der Waals surface area contributed by atoms with Gasteiger partial charge in [-0.2, -0.15) is 0 Å². The molecule has 0 atom stereocenters. The summed E-state index contributed by atoms with van der Waals surface area (Å²) in [4.78, 5) is 15.8. The average molecular weight is 280 g/mol. The zero-order chi connectivity index (χ0) is 13.7. The molecule has 98 valence electrons. The first kappa shape index (κ1) is 12.4. The van der Waals surface area contributed by atoms with Crippen molar-refractivity contribution in [2.45, 2.75) is 25.7 Å². The summed E-state index contributed by atoms with van der Waals surface area (Å²) in [6.07, 6.45) is 1.95. The molecule has 19 heavy (non-hydrogen) atoms. The molecule has 0 bridgehead atoms. The van der Waals surface area contributed by atoms with E-state index < -0.39 is 11.8 Å². The molecule has 2 aromatic rings. The van der Waals surface area contributed by atoms with Crippen LogP contribution in [-0.2, 0) is 0 Å². The minimum absolute atomic E-state index is 0.0531. The van der Waals surface area contributed by atoms with Crippen LogP contribution in [-0.4, -0.2) is 16.1 Å². The maximum absolute atomic E-state index is 13.9. The van der Waals surface area contributed by atoms with E-state index in [0.717, 1.165) is 12.8 Å². The first-order valence-corrected chi connectivity index (χ1v) is 6.40. The summed E-state index contributed by atoms with van der Waals surface area (Å²) in [5.41, 5.74) is 1.40. The summed E-state index contributed by atoms with van der Waals surface area (Å²) in [7, 11) is 0. The fraction of sp³-hybridized carbons (Fsp3) is 0.286. The van der Waals surface area contributed by atoms with Crippen LogP contribution in [0, 0.1) is 12.7 Å². The molecule has 0 amide bonds. The number of halogens is 2. The van der Waals surface area contributed by atoms with Gasteiger partial charge in [0.25, 0.3) is 0 Å². The van der Waals surface area contributed by atoms with Crippen LogP contribution < -0.4 is 0 Å². The summed E-state index contributed by atoms with van der Waals surface area (Å²) >= 11 is 6.03. The van der Waals surface area contributed by atoms with Crippen molar-refractivity contribution in [2.75, 3.05) is 0 Å². The number of aromatic carboxylic acids is 1. The van der Waals surface area contributed by atoms with Gasteiger partial charge in [-0.1, -0.05) is 11.6 Å². The van der Waals surface area contributed by atoms with Crippen molar-refractivity contribution in [2.24, 2.45) is 0 Å². The molecule has 1 aliphatic rings. The number of hydrogen-bond donors (Lipinski definition) is 1. The van der Waals surface area contributed by atoms with Crippen LogP contribution in [0.3, 0.4) is 0 Å². The standard InChI is InChI=1S/C14H11ClFNO2/c1-6-10(14(18)19)11-8(15)4-5-9(16)13(11)17-12(6)7-2-3-7/h4-5,7H,2-3H2,1H3,(H,18,19). The zero-order valence-corrected chi connectivity index (χ0v) is 11.0. The Morgan fingerprint density at radius 2 is 2.16 bits per heavy atom. The topological polar surface area (TPSA) is 50.2 Å². The highest BCUT2D eigenvalue weighted by Gasteiger charge is 2.31. The van der Waals surface area contributed by atoms with Gasteiger partial charge < -0.3 is 5.11 Å². The molecule has 0 aliphatic heterocycles. The van der Waals surface area contributed by atoms with Crippen molar-refractivity contribution < 1.29 is 14.3 Å². The van der Waals surface area contributed by atoms with Crippen LogP contribution in [0.25, 0.3) is 10.9 Å². The van der Waals surface area contributed by atoms with Crippen molar-refractivity contribution in [3.63, 3.8) is 0 Å². The number of fused-ring (bicyclic) bond motifs is 1. The second kappa shape index (κ2) is 4.17. The molecule has 1 aromatic carbocycles. The van der Waals surface area contributed by atoms with Crippen molar-refractivity contribution in [3.8, 4) is 0 Å². The maximum Gasteiger partial charge on any atom is 0.336 e. The van der Waals surface area contributed by atoms with E-state index in [4.69, 9.17) is 11.6 Å². The summed E-state index contributed by atoms with van der Waals surface area (Å²) < 4.78 is 13.9. The molecule has 0 radical (unpaired) electrons. The summed E-state index contributed by atoms with van der Waals surface area (Å²) in [6.45, 7) is 1.71. The Morgan fingerprint density at radius 3 is 2.74 bits per heavy atom. The molecule has 1 fully saturated rings. The van der Waals surface area contributed by atoms with E-state index >= 15 is 0 Å². The van der Waals surface area contributed by atoms with E-state index in [-0.39, 0.29) is 27.4 Å². The monoisotopic (exact) mass is 279 g/mol. The van der Waals surface area contributed by atoms with E-state index in [1.807, 2.05) is 0 Å². The number of rotatable bonds is 2. The lowest BCUT2D eigenvalue weighted by Gasteiger charge is -2.12. The molecule has 1 aromatic heterocycles. The largest absolute Gasteiger partial charge is 0.478 e. The smallest absolute Gasteiger partial charge is 0.336 e. The Hall–Kier alpha value is -1.68. The molecule has 1 aliphatic carbocycles. The van der Waals surface area contributed by atoms with E-state index in [0.29, 0.717) is 11.3 Å². The minimum atomic E-state index is -1.10. The predicted octanol–water partition coefficient (Wildman–Crippen LogP) is 3.91. The van der Waals surface area contributed by atoms with E-state index in [1.54, 1.807) is 6.92 Å². The highest BCUT2D eigenvalue weighted by Crippen LogP contribution is 2.43. The highest BCUT2D eigenvalue weighted by atomic mass is 35.5. The number of benzene rings is 1. The Morgan fingerprint density at radius 1 is 1.47 bits per heavy atom. The van der Waals surface area contributed by atoms with Gasteiger partial charge in [0.1, 0.15) is 11.3 Å². The lowest BCUT2D eigenvalue weighted by atomic mass is 9.99. The van der Waals surface area contributed by atoms with Gasteiger partial charge in [-0.05, 0) is 37.5 Å². The van der Waals surface area contributed by atoms with E-state index in [2.05, 4.69) is 4.98 Å². The lowest BCUT2D eigenvalue weighted by Crippen LogP contribution is -2.07. The maximum atomic E-state index is 13.9. The van der Waals surface area contributed by atoms with Gasteiger partial charge in [0.15, 0.2) is 0 Å². The molecule has 5 heteroatoms. The number of carboxylic acid groups (broad SMARTS) is 1. The summed E-state index contributed by atoms with van der Waals surface area (Å²) in [6, 6.07) is 2.58. The Kier molecular flexibility index (Phi) is 2.71. The second-order valence-corrected chi connectivity index (χ2v) is 5.24. The Labute approximate surface area is 114 Å². The van der Waals surface area contributed by atoms with Crippen LogP contribution in [0.15, 0.2) is 12.1 Å². The van der Waals surface area contributed by atoms with Gasteiger partial charge in [-0.15, -0.1) is 0 Å². The first-order valence-electron chi connectivity index (χ1n) is 6.02. The number of hydrogen-bond acceptors (Lipinski definition) is 2. The minimum Gasteiger partial charge on any atom is -0.478 e. The van der Waals surface area contributed by atoms with Crippen molar-refractivity contribution in [3.05, 3.63) is 39.8 Å². The molecular formula is C14H11ClFNO2. The first-order chi connectivity index (χ1) is 9.00. The lowest BCUT2D eigenvalue weighted by molar-refractivity contribution is 0.0698. The molecular weight excluding hydrogens is 269 g/mol. The third-order valence-corrected chi connectivity index (χ3v) is 3.81. The quantitative estimate of drug-likeness (QED) is 0.907. The highest BCUT2D eigenvalue weighted by molar-refractivity contribution is 6.36. The number of carboxylic acids is 1. The summed E-state index contributed by atoms with van der Waals surface area (Å²) in [5.74, 6) is -1.39. The van der Waals surface area contributed by atoms with Gasteiger partial charge in [0.2, 0.25) is 0 Å². The van der Waals surface area contributed by atoms with Gasteiger partial charge in [-0.25, -0.2) is 14.2 Å². The zero-order valence-electron chi connectivity index (χ0n) is 10.2. The van der Waals surface area contributed by atoms with Crippen molar-refractivity contribution >= 4 is 28.5 Å². The third kappa shape index (κ3) is 1.87. The molecule has 0 unspecified atom stereocenters. The Bertz CT molecular complexity index is 710. The predicted molar refractivity (Wildman–Crippen MR) is 70.4 cm³/mol. The van der Waals surface area contributed by atoms with Gasteiger partial charge in [0, 0.05) is 17.0 Å². The van der Waals surface area contributed by atoms with Crippen LogP contribution in [0.1, 0.15) is 40.4 Å². The number of aromatic nitrogens is 1. The van der Waals surface area contributed by atoms with E-state index in [1.165, 1.54) is 12.1 Å². The Balaban J connectivity index is 2.48. The van der Waals surface area contributed by atoms with Crippen LogP contribution in [0.2, 0.25) is 5.02 Å². The van der Waals surface area contributed by atoms with Crippen molar-refractivity contribution in [1.82, 2.24) is 4.98 Å². The third-order valence-electron chi connectivity index (χ3n) is 3.50. The molecule has 1 saturated carbocycles. The average Bonchev–Trinajstić information content (AvgIpc) is 3.17. The summed E-state index contributed by atoms with van der Waals surface area (Å²) in [5, 5.41) is 9.80. The molecule has 0 spiro atoms. The molecule has 3 nitrogen and oxygen atoms in total. The van der Waals surface area contributed by atoms with Crippen LogP contribution >= 0.6 is 11.6 Å². The number of carbonyl (C=O) groups is 1. The van der Waals surface area contributed by atoms with E-state index in [9.17, 15) is 14.3 Å². The molecule has 0 saturated heterocycles. The normalized spacial score (nSPS) is 14.9. The fourth-order valence-electron chi connectivity index (χ4n) is 2.43. The van der Waals surface area contributed by atoms with Gasteiger partial charge in [-0.3, -0.25) is 0 Å². The van der Waals surface area contributed by atoms with Gasteiger partial charge in [0.05, 0.1) is 10.6 Å². The SMILES string of the molecule is Cc1c(C2CC2)nc2c(F)ccc(Cl)c2c1C(=O)O. The second-order valence-electron chi connectivity index (χ2n) is 4.83.